The highest BCUT2D eigenvalue weighted by Crippen LogP contribution is 2.27. The van der Waals surface area contributed by atoms with Crippen LogP contribution < -0.4 is 9.64 Å². The van der Waals surface area contributed by atoms with Crippen LogP contribution in [0.2, 0.25) is 0 Å². The van der Waals surface area contributed by atoms with Crippen LogP contribution in [0.5, 0.6) is 5.75 Å². The first-order chi connectivity index (χ1) is 16.0. The third-order valence-corrected chi connectivity index (χ3v) is 6.13. The summed E-state index contributed by atoms with van der Waals surface area (Å²) in [5.74, 6) is -0.408. The molecule has 0 saturated carbocycles. The van der Waals surface area contributed by atoms with E-state index in [-0.39, 0.29) is 24.1 Å². The molecule has 0 bridgehead atoms. The summed E-state index contributed by atoms with van der Waals surface area (Å²) in [5, 5.41) is 0. The molecule has 8 nitrogen and oxygen atoms in total. The molecule has 2 aliphatic rings. The van der Waals surface area contributed by atoms with E-state index < -0.39 is 6.04 Å². The second-order valence-corrected chi connectivity index (χ2v) is 8.31. The van der Waals surface area contributed by atoms with Crippen molar-refractivity contribution in [3.63, 3.8) is 0 Å². The Morgan fingerprint density at radius 1 is 1.12 bits per heavy atom. The van der Waals surface area contributed by atoms with E-state index in [1.54, 1.807) is 48.4 Å². The van der Waals surface area contributed by atoms with Crippen LogP contribution in [0.1, 0.15) is 22.3 Å². The summed E-state index contributed by atoms with van der Waals surface area (Å²) in [6, 6.07) is 13.3. The molecular weight excluding hydrogens is 422 g/mol. The van der Waals surface area contributed by atoms with Crippen LogP contribution in [-0.4, -0.2) is 80.1 Å². The number of anilines is 1. The van der Waals surface area contributed by atoms with Crippen molar-refractivity contribution in [1.82, 2.24) is 9.80 Å². The Morgan fingerprint density at radius 2 is 1.85 bits per heavy atom. The molecule has 33 heavy (non-hydrogen) atoms. The first kappa shape index (κ1) is 22.9. The van der Waals surface area contributed by atoms with Gasteiger partial charge in [-0.15, -0.1) is 0 Å². The number of carbonyl (C=O) groups is 3. The maximum Gasteiger partial charge on any atom is 0.257 e. The van der Waals surface area contributed by atoms with Gasteiger partial charge >= 0.3 is 0 Å². The maximum atomic E-state index is 13.6. The molecule has 2 saturated heterocycles. The number of ether oxygens (including phenoxy) is 2. The number of hydrogen-bond acceptors (Lipinski definition) is 6. The van der Waals surface area contributed by atoms with Gasteiger partial charge in [-0.1, -0.05) is 23.8 Å². The van der Waals surface area contributed by atoms with E-state index >= 15 is 0 Å². The van der Waals surface area contributed by atoms with Gasteiger partial charge in [-0.3, -0.25) is 19.3 Å². The fourth-order valence-corrected chi connectivity index (χ4v) is 4.22. The van der Waals surface area contributed by atoms with Crippen LogP contribution in [0.4, 0.5) is 5.69 Å². The first-order valence-electron chi connectivity index (χ1n) is 11.2. The SMILES string of the molecule is COc1cccc(C(=O)N(CCN2CCOCC2)C2CC(=O)N(c3ccc(C)cc3)C2=O)c1. The molecular formula is C25H29N3O5. The largest absolute Gasteiger partial charge is 0.497 e. The number of benzene rings is 2. The van der Waals surface area contributed by atoms with Crippen LogP contribution in [-0.2, 0) is 14.3 Å². The highest BCUT2D eigenvalue weighted by Gasteiger charge is 2.44. The van der Waals surface area contributed by atoms with E-state index in [1.807, 2.05) is 19.1 Å². The number of carbonyl (C=O) groups excluding carboxylic acids is 3. The predicted molar refractivity (Wildman–Crippen MR) is 123 cm³/mol. The zero-order valence-corrected chi connectivity index (χ0v) is 19.0. The Balaban J connectivity index is 1.60. The Morgan fingerprint density at radius 3 is 2.55 bits per heavy atom. The van der Waals surface area contributed by atoms with E-state index in [2.05, 4.69) is 4.90 Å². The number of amides is 3. The fraction of sp³-hybridized carbons (Fsp3) is 0.400. The lowest BCUT2D eigenvalue weighted by Gasteiger charge is -2.32. The zero-order valence-electron chi connectivity index (χ0n) is 19.0. The van der Waals surface area contributed by atoms with E-state index in [9.17, 15) is 14.4 Å². The number of nitrogens with zero attached hydrogens (tertiary/aromatic N) is 3. The number of hydrogen-bond donors (Lipinski definition) is 0. The number of methoxy groups -OCH3 is 1. The fourth-order valence-electron chi connectivity index (χ4n) is 4.22. The molecule has 0 N–H and O–H groups in total. The molecule has 2 fully saturated rings. The summed E-state index contributed by atoms with van der Waals surface area (Å²) < 4.78 is 10.7. The Hall–Kier alpha value is -3.23. The van der Waals surface area contributed by atoms with Gasteiger partial charge in [-0.05, 0) is 37.3 Å². The second-order valence-electron chi connectivity index (χ2n) is 8.31. The van der Waals surface area contributed by atoms with E-state index in [0.29, 0.717) is 43.3 Å². The normalized spacial score (nSPS) is 19.1. The van der Waals surface area contributed by atoms with Crippen molar-refractivity contribution < 1.29 is 23.9 Å². The van der Waals surface area contributed by atoms with Crippen molar-refractivity contribution >= 4 is 23.4 Å². The van der Waals surface area contributed by atoms with Gasteiger partial charge in [-0.2, -0.15) is 0 Å². The van der Waals surface area contributed by atoms with Crippen LogP contribution in [0, 0.1) is 6.92 Å². The van der Waals surface area contributed by atoms with Gasteiger partial charge in [0.2, 0.25) is 5.91 Å². The molecule has 2 aliphatic heterocycles. The van der Waals surface area contributed by atoms with E-state index in [4.69, 9.17) is 9.47 Å². The van der Waals surface area contributed by atoms with Gasteiger partial charge in [0.25, 0.3) is 11.8 Å². The molecule has 0 radical (unpaired) electrons. The number of aryl methyl sites for hydroxylation is 1. The van der Waals surface area contributed by atoms with Crippen molar-refractivity contribution in [3.05, 3.63) is 59.7 Å². The van der Waals surface area contributed by atoms with Gasteiger partial charge in [0.05, 0.1) is 32.4 Å². The highest BCUT2D eigenvalue weighted by atomic mass is 16.5. The third kappa shape index (κ3) is 5.07. The standard InChI is InChI=1S/C25H29N3O5/c1-18-6-8-20(9-7-18)28-23(29)17-22(25(28)31)27(11-10-26-12-14-33-15-13-26)24(30)19-4-3-5-21(16-19)32-2/h3-9,16,22H,10-15,17H2,1-2H3. The Bertz CT molecular complexity index is 1020. The lowest BCUT2D eigenvalue weighted by molar-refractivity contribution is -0.122. The monoisotopic (exact) mass is 451 g/mol. The molecule has 0 aromatic heterocycles. The lowest BCUT2D eigenvalue weighted by atomic mass is 10.1. The Labute approximate surface area is 193 Å². The minimum absolute atomic E-state index is 0.0362. The van der Waals surface area contributed by atoms with Gasteiger partial charge in [0, 0.05) is 31.7 Å². The number of morpholine rings is 1. The summed E-state index contributed by atoms with van der Waals surface area (Å²) in [4.78, 5) is 44.8. The van der Waals surface area contributed by atoms with Crippen LogP contribution in [0.15, 0.2) is 48.5 Å². The van der Waals surface area contributed by atoms with Crippen molar-refractivity contribution in [3.8, 4) is 5.75 Å². The van der Waals surface area contributed by atoms with Gasteiger partial charge in [0.15, 0.2) is 0 Å². The minimum Gasteiger partial charge on any atom is -0.497 e. The number of imide groups is 1. The molecule has 4 rings (SSSR count). The van der Waals surface area contributed by atoms with Crippen molar-refractivity contribution in [2.45, 2.75) is 19.4 Å². The summed E-state index contributed by atoms with van der Waals surface area (Å²) in [6.45, 7) is 5.71. The van der Waals surface area contributed by atoms with Crippen molar-refractivity contribution in [1.29, 1.82) is 0 Å². The molecule has 2 aromatic rings. The van der Waals surface area contributed by atoms with Gasteiger partial charge < -0.3 is 14.4 Å². The molecule has 2 heterocycles. The first-order valence-corrected chi connectivity index (χ1v) is 11.2. The number of rotatable bonds is 7. The summed E-state index contributed by atoms with van der Waals surface area (Å²) in [7, 11) is 1.54. The van der Waals surface area contributed by atoms with Crippen LogP contribution >= 0.6 is 0 Å². The topological polar surface area (TPSA) is 79.4 Å². The molecule has 0 spiro atoms. The average molecular weight is 452 g/mol. The minimum atomic E-state index is -0.849. The smallest absolute Gasteiger partial charge is 0.257 e. The van der Waals surface area contributed by atoms with Crippen molar-refractivity contribution in [2.75, 3.05) is 51.4 Å². The van der Waals surface area contributed by atoms with Gasteiger partial charge in [-0.25, -0.2) is 4.90 Å². The van der Waals surface area contributed by atoms with Gasteiger partial charge in [0.1, 0.15) is 11.8 Å². The quantitative estimate of drug-likeness (QED) is 0.600. The second kappa shape index (κ2) is 10.1. The third-order valence-electron chi connectivity index (χ3n) is 6.13. The zero-order chi connectivity index (χ0) is 23.4. The molecule has 2 aromatic carbocycles. The predicted octanol–water partition coefficient (Wildman–Crippen LogP) is 2.11. The van der Waals surface area contributed by atoms with E-state index in [1.165, 1.54) is 4.90 Å². The molecule has 1 atom stereocenters. The highest BCUT2D eigenvalue weighted by molar-refractivity contribution is 6.23. The van der Waals surface area contributed by atoms with Crippen LogP contribution in [0.25, 0.3) is 0 Å². The summed E-state index contributed by atoms with van der Waals surface area (Å²) in [6.07, 6.45) is -0.0362. The van der Waals surface area contributed by atoms with E-state index in [0.717, 1.165) is 18.7 Å². The van der Waals surface area contributed by atoms with Crippen molar-refractivity contribution in [2.24, 2.45) is 0 Å². The summed E-state index contributed by atoms with van der Waals surface area (Å²) in [5.41, 5.74) is 1.99. The molecule has 1 unspecified atom stereocenters. The lowest BCUT2D eigenvalue weighted by Crippen LogP contribution is -2.49. The molecule has 8 heteroatoms. The summed E-state index contributed by atoms with van der Waals surface area (Å²) >= 11 is 0. The maximum absolute atomic E-state index is 13.6. The molecule has 174 valence electrons. The Kier molecular flexibility index (Phi) is 7.05. The van der Waals surface area contributed by atoms with Crippen LogP contribution in [0.3, 0.4) is 0 Å². The average Bonchev–Trinajstić information content (AvgIpc) is 3.14. The molecule has 3 amide bonds. The molecule has 0 aliphatic carbocycles.